The molecule has 0 aliphatic heterocycles. The molecule has 0 fully saturated rings. The van der Waals surface area contributed by atoms with Crippen molar-refractivity contribution in [3.8, 4) is 17.2 Å². The molecule has 0 radical (unpaired) electrons. The number of hydrogen-bond acceptors (Lipinski definition) is 9. The first-order valence-corrected chi connectivity index (χ1v) is 9.13. The molecule has 1 aromatic carbocycles. The Morgan fingerprint density at radius 1 is 1.29 bits per heavy atom. The van der Waals surface area contributed by atoms with Crippen molar-refractivity contribution < 1.29 is 18.9 Å². The average Bonchev–Trinajstić information content (AvgIpc) is 3.17. The highest BCUT2D eigenvalue weighted by molar-refractivity contribution is 7.99. The zero-order chi connectivity index (χ0) is 19.9. The second-order valence-electron chi connectivity index (χ2n) is 5.31. The number of nitro benzene ring substituents is 1. The second-order valence-corrected chi connectivity index (χ2v) is 6.24. The Balaban J connectivity index is 1.62. The van der Waals surface area contributed by atoms with Gasteiger partial charge in [-0.1, -0.05) is 11.8 Å². The fourth-order valence-electron chi connectivity index (χ4n) is 2.22. The minimum Gasteiger partial charge on any atom is -0.494 e. The molecule has 28 heavy (non-hydrogen) atoms. The quantitative estimate of drug-likeness (QED) is 0.343. The molecule has 0 atom stereocenters. The summed E-state index contributed by atoms with van der Waals surface area (Å²) in [6.45, 7) is 2.15. The number of pyridine rings is 1. The minimum absolute atomic E-state index is 0.0532. The molecule has 1 amide bonds. The van der Waals surface area contributed by atoms with Crippen molar-refractivity contribution in [1.82, 2.24) is 15.2 Å². The van der Waals surface area contributed by atoms with Gasteiger partial charge in [0.2, 0.25) is 11.8 Å². The van der Waals surface area contributed by atoms with E-state index in [9.17, 15) is 14.9 Å². The third kappa shape index (κ3) is 4.82. The zero-order valence-corrected chi connectivity index (χ0v) is 15.5. The van der Waals surface area contributed by atoms with Gasteiger partial charge in [0.1, 0.15) is 11.4 Å². The highest BCUT2D eigenvalue weighted by Crippen LogP contribution is 2.29. The summed E-state index contributed by atoms with van der Waals surface area (Å²) in [6, 6.07) is 7.70. The van der Waals surface area contributed by atoms with Gasteiger partial charge in [0.05, 0.1) is 23.3 Å². The van der Waals surface area contributed by atoms with Crippen molar-refractivity contribution in [3.63, 3.8) is 0 Å². The van der Waals surface area contributed by atoms with Crippen molar-refractivity contribution in [2.45, 2.75) is 12.1 Å². The number of benzene rings is 1. The van der Waals surface area contributed by atoms with Crippen LogP contribution in [0.4, 0.5) is 11.4 Å². The predicted octanol–water partition coefficient (Wildman–Crippen LogP) is 3.17. The number of nitrogens with zero attached hydrogens (tertiary/aromatic N) is 4. The molecule has 0 aliphatic rings. The van der Waals surface area contributed by atoms with Crippen LogP contribution in [-0.4, -0.2) is 38.4 Å². The molecule has 144 valence electrons. The van der Waals surface area contributed by atoms with Crippen LogP contribution in [-0.2, 0) is 4.79 Å². The third-order valence-corrected chi connectivity index (χ3v) is 4.23. The lowest BCUT2D eigenvalue weighted by Gasteiger charge is -2.07. The molecule has 2 heterocycles. The van der Waals surface area contributed by atoms with Gasteiger partial charge >= 0.3 is 0 Å². The molecule has 0 saturated heterocycles. The first kappa shape index (κ1) is 19.3. The minimum atomic E-state index is -0.579. The number of amides is 1. The lowest BCUT2D eigenvalue weighted by atomic mass is 10.2. The highest BCUT2D eigenvalue weighted by atomic mass is 32.2. The summed E-state index contributed by atoms with van der Waals surface area (Å²) in [5.74, 6) is 0.173. The van der Waals surface area contributed by atoms with E-state index in [0.717, 1.165) is 11.8 Å². The van der Waals surface area contributed by atoms with Gasteiger partial charge in [-0.15, -0.1) is 10.2 Å². The number of carbonyl (C=O) groups excluding carboxylic acids is 1. The van der Waals surface area contributed by atoms with Crippen LogP contribution in [0.2, 0.25) is 0 Å². The van der Waals surface area contributed by atoms with Crippen LogP contribution < -0.4 is 10.1 Å². The van der Waals surface area contributed by atoms with Gasteiger partial charge in [-0.2, -0.15) is 0 Å². The molecule has 3 rings (SSSR count). The van der Waals surface area contributed by atoms with Crippen molar-refractivity contribution in [1.29, 1.82) is 0 Å². The van der Waals surface area contributed by atoms with Gasteiger partial charge in [0, 0.05) is 18.0 Å². The van der Waals surface area contributed by atoms with Gasteiger partial charge in [0.25, 0.3) is 10.9 Å². The second kappa shape index (κ2) is 8.95. The monoisotopic (exact) mass is 401 g/mol. The van der Waals surface area contributed by atoms with E-state index in [1.807, 2.05) is 0 Å². The molecule has 0 bridgehead atoms. The van der Waals surface area contributed by atoms with Crippen molar-refractivity contribution in [2.75, 3.05) is 17.7 Å². The fourth-order valence-corrected chi connectivity index (χ4v) is 2.78. The summed E-state index contributed by atoms with van der Waals surface area (Å²) in [6.07, 6.45) is 3.20. The van der Waals surface area contributed by atoms with Crippen LogP contribution in [0, 0.1) is 10.1 Å². The van der Waals surface area contributed by atoms with E-state index in [2.05, 4.69) is 20.5 Å². The topological polar surface area (TPSA) is 133 Å². The van der Waals surface area contributed by atoms with E-state index in [1.165, 1.54) is 12.1 Å². The van der Waals surface area contributed by atoms with E-state index in [-0.39, 0.29) is 22.4 Å². The van der Waals surface area contributed by atoms with Gasteiger partial charge in [-0.05, 0) is 31.2 Å². The Labute approximate surface area is 163 Å². The van der Waals surface area contributed by atoms with Gasteiger partial charge in [-0.25, -0.2) is 0 Å². The van der Waals surface area contributed by atoms with Crippen LogP contribution in [0.15, 0.2) is 52.4 Å². The lowest BCUT2D eigenvalue weighted by molar-refractivity contribution is -0.384. The van der Waals surface area contributed by atoms with Gasteiger partial charge in [0.15, 0.2) is 0 Å². The normalized spacial score (nSPS) is 10.5. The Kier molecular flexibility index (Phi) is 6.17. The zero-order valence-electron chi connectivity index (χ0n) is 14.7. The molecule has 2 aromatic heterocycles. The molecule has 0 aliphatic carbocycles. The van der Waals surface area contributed by atoms with Crippen LogP contribution >= 0.6 is 11.8 Å². The molecule has 0 unspecified atom stereocenters. The number of carbonyl (C=O) groups is 1. The number of ether oxygens (including phenoxy) is 1. The summed E-state index contributed by atoms with van der Waals surface area (Å²) >= 11 is 1.03. The first-order valence-electron chi connectivity index (χ1n) is 8.14. The smallest absolute Gasteiger partial charge is 0.296 e. The Morgan fingerprint density at radius 3 is 2.79 bits per heavy atom. The number of rotatable bonds is 8. The van der Waals surface area contributed by atoms with E-state index >= 15 is 0 Å². The Hall–Kier alpha value is -3.47. The van der Waals surface area contributed by atoms with Crippen LogP contribution in [0.1, 0.15) is 6.92 Å². The van der Waals surface area contributed by atoms with E-state index in [4.69, 9.17) is 9.15 Å². The summed E-state index contributed by atoms with van der Waals surface area (Å²) in [7, 11) is 0. The van der Waals surface area contributed by atoms with Crippen LogP contribution in [0.5, 0.6) is 5.75 Å². The summed E-state index contributed by atoms with van der Waals surface area (Å²) in [4.78, 5) is 26.7. The van der Waals surface area contributed by atoms with E-state index < -0.39 is 10.8 Å². The lowest BCUT2D eigenvalue weighted by Crippen LogP contribution is -2.15. The molecule has 3 aromatic rings. The Morgan fingerprint density at radius 2 is 2.07 bits per heavy atom. The van der Waals surface area contributed by atoms with Crippen LogP contribution in [0.3, 0.4) is 0 Å². The number of hydrogen-bond donors (Lipinski definition) is 1. The van der Waals surface area contributed by atoms with E-state index in [1.54, 1.807) is 37.5 Å². The van der Waals surface area contributed by atoms with Crippen molar-refractivity contribution in [3.05, 3.63) is 52.8 Å². The average molecular weight is 401 g/mol. The Bertz CT molecular complexity index is 979. The molecular formula is C17H15N5O5S. The standard InChI is InChI=1S/C17H15N5O5S/c1-2-26-12-3-4-13(14(9-12)22(24)25)19-15(23)10-28-17-21-20-16(27-17)11-5-7-18-8-6-11/h3-9H,2,10H2,1H3,(H,19,23). The van der Waals surface area contributed by atoms with E-state index in [0.29, 0.717) is 23.8 Å². The van der Waals surface area contributed by atoms with Gasteiger partial charge < -0.3 is 14.5 Å². The van der Waals surface area contributed by atoms with Crippen molar-refractivity contribution in [2.24, 2.45) is 0 Å². The molecule has 1 N–H and O–H groups in total. The van der Waals surface area contributed by atoms with Crippen molar-refractivity contribution >= 4 is 29.0 Å². The number of nitrogens with one attached hydrogen (secondary N) is 1. The predicted molar refractivity (Wildman–Crippen MR) is 101 cm³/mol. The molecule has 0 spiro atoms. The maximum absolute atomic E-state index is 12.2. The molecule has 0 saturated carbocycles. The number of thioether (sulfide) groups is 1. The van der Waals surface area contributed by atoms with Gasteiger partial charge in [-0.3, -0.25) is 19.9 Å². The maximum Gasteiger partial charge on any atom is 0.296 e. The maximum atomic E-state index is 12.2. The molecular weight excluding hydrogens is 386 g/mol. The summed E-state index contributed by atoms with van der Waals surface area (Å²) < 4.78 is 10.7. The summed E-state index contributed by atoms with van der Waals surface area (Å²) in [5.41, 5.74) is 0.549. The fraction of sp³-hybridized carbons (Fsp3) is 0.176. The number of nitro groups is 1. The highest BCUT2D eigenvalue weighted by Gasteiger charge is 2.18. The third-order valence-electron chi connectivity index (χ3n) is 3.41. The first-order chi connectivity index (χ1) is 13.6. The largest absolute Gasteiger partial charge is 0.494 e. The molecule has 10 nitrogen and oxygen atoms in total. The number of anilines is 1. The molecule has 11 heteroatoms. The van der Waals surface area contributed by atoms with Crippen LogP contribution in [0.25, 0.3) is 11.5 Å². The SMILES string of the molecule is CCOc1ccc(NC(=O)CSc2nnc(-c3ccncc3)o2)c([N+](=O)[O-])c1. The summed E-state index contributed by atoms with van der Waals surface area (Å²) in [5, 5.41) is 21.7. The number of aromatic nitrogens is 3.